The Morgan fingerprint density at radius 3 is 2.36 bits per heavy atom. The molecule has 2 saturated heterocycles. The fraction of sp³-hybridized carbons (Fsp3) is 0.579. The average molecular weight is 410 g/mol. The SMILES string of the molecule is CS(=O)(=O)OCCOC1CCN(c2ccc(C3CCC(=O)NC3=O)cc2)CC1. The molecule has 8 nitrogen and oxygen atoms in total. The molecule has 1 aromatic carbocycles. The summed E-state index contributed by atoms with van der Waals surface area (Å²) in [5.41, 5.74) is 2.02. The molecule has 9 heteroatoms. The van der Waals surface area contributed by atoms with Gasteiger partial charge in [0, 0.05) is 25.2 Å². The lowest BCUT2D eigenvalue weighted by Gasteiger charge is -2.33. The van der Waals surface area contributed by atoms with Gasteiger partial charge in [0.15, 0.2) is 0 Å². The van der Waals surface area contributed by atoms with Crippen LogP contribution in [0, 0.1) is 0 Å². The van der Waals surface area contributed by atoms with Crippen LogP contribution in [0.5, 0.6) is 0 Å². The Kier molecular flexibility index (Phi) is 6.69. The summed E-state index contributed by atoms with van der Waals surface area (Å²) in [6, 6.07) is 7.95. The van der Waals surface area contributed by atoms with Crippen molar-refractivity contribution in [1.82, 2.24) is 5.32 Å². The van der Waals surface area contributed by atoms with Crippen LogP contribution in [0.1, 0.15) is 37.2 Å². The smallest absolute Gasteiger partial charge is 0.264 e. The van der Waals surface area contributed by atoms with Crippen molar-refractivity contribution in [2.45, 2.75) is 37.7 Å². The summed E-state index contributed by atoms with van der Waals surface area (Å²) >= 11 is 0. The van der Waals surface area contributed by atoms with Crippen LogP contribution in [0.3, 0.4) is 0 Å². The van der Waals surface area contributed by atoms with Crippen molar-refractivity contribution in [2.24, 2.45) is 0 Å². The Hall–Kier alpha value is -1.97. The van der Waals surface area contributed by atoms with Crippen molar-refractivity contribution in [1.29, 1.82) is 0 Å². The first kappa shape index (κ1) is 20.8. The first-order chi connectivity index (χ1) is 13.3. The lowest BCUT2D eigenvalue weighted by Crippen LogP contribution is -2.39. The van der Waals surface area contributed by atoms with E-state index >= 15 is 0 Å². The van der Waals surface area contributed by atoms with Crippen LogP contribution in [-0.4, -0.2) is 58.9 Å². The van der Waals surface area contributed by atoms with Gasteiger partial charge >= 0.3 is 0 Å². The van der Waals surface area contributed by atoms with E-state index in [1.807, 2.05) is 24.3 Å². The third-order valence-corrected chi connectivity index (χ3v) is 5.67. The Morgan fingerprint density at radius 1 is 1.07 bits per heavy atom. The molecule has 2 heterocycles. The van der Waals surface area contributed by atoms with Crippen LogP contribution in [-0.2, 0) is 28.6 Å². The van der Waals surface area contributed by atoms with Crippen LogP contribution in [0.25, 0.3) is 0 Å². The maximum atomic E-state index is 12.0. The summed E-state index contributed by atoms with van der Waals surface area (Å²) in [7, 11) is -3.42. The molecule has 2 amide bonds. The molecule has 0 aliphatic carbocycles. The Labute approximate surface area is 165 Å². The monoisotopic (exact) mass is 410 g/mol. The molecule has 154 valence electrons. The van der Waals surface area contributed by atoms with E-state index in [2.05, 4.69) is 14.4 Å². The van der Waals surface area contributed by atoms with Gasteiger partial charge < -0.3 is 9.64 Å². The summed E-state index contributed by atoms with van der Waals surface area (Å²) in [5, 5.41) is 2.40. The molecular weight excluding hydrogens is 384 g/mol. The van der Waals surface area contributed by atoms with Gasteiger partial charge in [0.2, 0.25) is 11.8 Å². The highest BCUT2D eigenvalue weighted by molar-refractivity contribution is 7.85. The summed E-state index contributed by atoms with van der Waals surface area (Å²) in [4.78, 5) is 25.5. The maximum absolute atomic E-state index is 12.0. The van der Waals surface area contributed by atoms with Gasteiger partial charge in [-0.05, 0) is 37.0 Å². The number of carbonyl (C=O) groups excluding carboxylic acids is 2. The molecule has 0 spiro atoms. The van der Waals surface area contributed by atoms with Crippen molar-refractivity contribution in [3.8, 4) is 0 Å². The number of benzene rings is 1. The molecular formula is C19H26N2O6S. The highest BCUT2D eigenvalue weighted by Gasteiger charge is 2.28. The second kappa shape index (κ2) is 9.02. The standard InChI is InChI=1S/C19H26N2O6S/c1-28(24,25)27-13-12-26-16-8-10-21(11-9-16)15-4-2-14(3-5-15)17-6-7-18(22)20-19(17)23/h2-5,16-17H,6-13H2,1H3,(H,20,22,23). The highest BCUT2D eigenvalue weighted by atomic mass is 32.2. The van der Waals surface area contributed by atoms with Gasteiger partial charge in [0.1, 0.15) is 0 Å². The molecule has 1 aromatic rings. The van der Waals surface area contributed by atoms with Crippen LogP contribution < -0.4 is 10.2 Å². The quantitative estimate of drug-likeness (QED) is 0.409. The van der Waals surface area contributed by atoms with Gasteiger partial charge in [-0.15, -0.1) is 0 Å². The number of amides is 2. The number of imide groups is 1. The number of hydrogen-bond acceptors (Lipinski definition) is 7. The Bertz CT molecular complexity index is 800. The molecule has 1 unspecified atom stereocenters. The van der Waals surface area contributed by atoms with Gasteiger partial charge in [0.25, 0.3) is 10.1 Å². The number of anilines is 1. The van der Waals surface area contributed by atoms with Crippen molar-refractivity contribution in [2.75, 3.05) is 37.5 Å². The molecule has 0 aromatic heterocycles. The second-order valence-electron chi connectivity index (χ2n) is 7.18. The molecule has 2 fully saturated rings. The second-order valence-corrected chi connectivity index (χ2v) is 8.82. The molecule has 0 saturated carbocycles. The number of nitrogens with zero attached hydrogens (tertiary/aromatic N) is 1. The summed E-state index contributed by atoms with van der Waals surface area (Å²) in [5.74, 6) is -0.687. The number of carbonyl (C=O) groups is 2. The molecule has 2 aliphatic heterocycles. The van der Waals surface area contributed by atoms with Gasteiger partial charge in [-0.25, -0.2) is 0 Å². The number of nitrogens with one attached hydrogen (secondary N) is 1. The summed E-state index contributed by atoms with van der Waals surface area (Å²) in [6.07, 6.45) is 3.76. The first-order valence-electron chi connectivity index (χ1n) is 9.46. The highest BCUT2D eigenvalue weighted by Crippen LogP contribution is 2.28. The van der Waals surface area contributed by atoms with Gasteiger partial charge in [-0.3, -0.25) is 19.1 Å². The van der Waals surface area contributed by atoms with Crippen LogP contribution in [0.2, 0.25) is 0 Å². The maximum Gasteiger partial charge on any atom is 0.264 e. The average Bonchev–Trinajstić information content (AvgIpc) is 2.65. The fourth-order valence-corrected chi connectivity index (χ4v) is 3.98. The van der Waals surface area contributed by atoms with Gasteiger partial charge in [-0.1, -0.05) is 12.1 Å². The largest absolute Gasteiger partial charge is 0.376 e. The zero-order chi connectivity index (χ0) is 20.1. The topological polar surface area (TPSA) is 102 Å². The van der Waals surface area contributed by atoms with E-state index in [9.17, 15) is 18.0 Å². The van der Waals surface area contributed by atoms with E-state index in [1.54, 1.807) is 0 Å². The van der Waals surface area contributed by atoms with Crippen LogP contribution in [0.4, 0.5) is 5.69 Å². The van der Waals surface area contributed by atoms with Crippen molar-refractivity contribution in [3.63, 3.8) is 0 Å². The number of hydrogen-bond donors (Lipinski definition) is 1. The summed E-state index contributed by atoms with van der Waals surface area (Å²) in [6.45, 7) is 1.99. The van der Waals surface area contributed by atoms with Crippen molar-refractivity contribution >= 4 is 27.6 Å². The zero-order valence-corrected chi connectivity index (χ0v) is 16.7. The lowest BCUT2D eigenvalue weighted by atomic mass is 9.90. The van der Waals surface area contributed by atoms with E-state index in [0.717, 1.165) is 43.4 Å². The third kappa shape index (κ3) is 5.76. The van der Waals surface area contributed by atoms with E-state index in [0.29, 0.717) is 12.8 Å². The van der Waals surface area contributed by atoms with Gasteiger partial charge in [0.05, 0.1) is 31.5 Å². The predicted molar refractivity (Wildman–Crippen MR) is 104 cm³/mol. The van der Waals surface area contributed by atoms with Crippen molar-refractivity contribution in [3.05, 3.63) is 29.8 Å². The minimum Gasteiger partial charge on any atom is -0.376 e. The minimum absolute atomic E-state index is 0.0425. The molecule has 2 aliphatic rings. The minimum atomic E-state index is -3.42. The van der Waals surface area contributed by atoms with E-state index in [-0.39, 0.29) is 37.0 Å². The molecule has 1 atom stereocenters. The third-order valence-electron chi connectivity index (χ3n) is 5.08. The lowest BCUT2D eigenvalue weighted by molar-refractivity contribution is -0.134. The number of ether oxygens (including phenoxy) is 1. The normalized spacial score (nSPS) is 21.6. The Morgan fingerprint density at radius 2 is 1.75 bits per heavy atom. The van der Waals surface area contributed by atoms with Crippen LogP contribution >= 0.6 is 0 Å². The van der Waals surface area contributed by atoms with E-state index < -0.39 is 10.1 Å². The molecule has 0 radical (unpaired) electrons. The van der Waals surface area contributed by atoms with E-state index in [4.69, 9.17) is 4.74 Å². The fourth-order valence-electron chi connectivity index (χ4n) is 3.61. The number of piperidine rings is 2. The molecule has 3 rings (SSSR count). The first-order valence-corrected chi connectivity index (χ1v) is 11.3. The molecule has 1 N–H and O–H groups in total. The number of rotatable bonds is 7. The van der Waals surface area contributed by atoms with Crippen molar-refractivity contribution < 1.29 is 26.9 Å². The molecule has 28 heavy (non-hydrogen) atoms. The van der Waals surface area contributed by atoms with Crippen LogP contribution in [0.15, 0.2) is 24.3 Å². The zero-order valence-electron chi connectivity index (χ0n) is 15.9. The summed E-state index contributed by atoms with van der Waals surface area (Å²) < 4.78 is 32.2. The molecule has 0 bridgehead atoms. The van der Waals surface area contributed by atoms with E-state index in [1.165, 1.54) is 0 Å². The Balaban J connectivity index is 1.46. The predicted octanol–water partition coefficient (Wildman–Crippen LogP) is 1.17. The van der Waals surface area contributed by atoms with Gasteiger partial charge in [-0.2, -0.15) is 8.42 Å².